The highest BCUT2D eigenvalue weighted by Crippen LogP contribution is 2.23. The molecule has 114 valence electrons. The van der Waals surface area contributed by atoms with Crippen LogP contribution < -0.4 is 5.32 Å². The molecule has 2 heterocycles. The van der Waals surface area contributed by atoms with Gasteiger partial charge in [-0.15, -0.1) is 11.3 Å². The molecule has 0 spiro atoms. The molecule has 3 rings (SSSR count). The number of rotatable bonds is 6. The van der Waals surface area contributed by atoms with E-state index in [4.69, 9.17) is 0 Å². The molecule has 0 fully saturated rings. The molecule has 22 heavy (non-hydrogen) atoms. The van der Waals surface area contributed by atoms with Crippen molar-refractivity contribution in [2.45, 2.75) is 20.0 Å². The van der Waals surface area contributed by atoms with Gasteiger partial charge in [-0.05, 0) is 6.92 Å². The van der Waals surface area contributed by atoms with Gasteiger partial charge >= 0.3 is 0 Å². The topological polar surface area (TPSA) is 63.0 Å². The summed E-state index contributed by atoms with van der Waals surface area (Å²) in [4.78, 5) is 5.46. The maximum absolute atomic E-state index is 9.22. The van der Waals surface area contributed by atoms with Gasteiger partial charge in [0.05, 0.1) is 36.6 Å². The first-order valence-corrected chi connectivity index (χ1v) is 8.03. The number of benzene rings is 1. The fraction of sp³-hybridized carbons (Fsp3) is 0.250. The largest absolute Gasteiger partial charge is 0.394 e. The van der Waals surface area contributed by atoms with E-state index in [1.165, 1.54) is 4.88 Å². The smallest absolute Gasteiger partial charge is 0.125 e. The second-order valence-corrected chi connectivity index (χ2v) is 5.88. The van der Waals surface area contributed by atoms with Crippen LogP contribution in [0.15, 0.2) is 41.9 Å². The number of hydrogen-bond donors (Lipinski definition) is 2. The summed E-state index contributed by atoms with van der Waals surface area (Å²) in [6.45, 7) is 3.25. The normalized spacial score (nSPS) is 10.8. The van der Waals surface area contributed by atoms with E-state index in [1.807, 2.05) is 48.8 Å². The first-order valence-electron chi connectivity index (χ1n) is 7.15. The Morgan fingerprint density at radius 3 is 2.77 bits per heavy atom. The summed E-state index contributed by atoms with van der Waals surface area (Å²) in [5.74, 6) is 0.903. The number of anilines is 1. The van der Waals surface area contributed by atoms with E-state index in [2.05, 4.69) is 15.4 Å². The summed E-state index contributed by atoms with van der Waals surface area (Å²) in [6, 6.07) is 12.1. The number of nitrogens with zero attached hydrogens (tertiary/aromatic N) is 3. The summed E-state index contributed by atoms with van der Waals surface area (Å²) in [6.07, 6.45) is 0. The predicted molar refractivity (Wildman–Crippen MR) is 88.9 cm³/mol. The van der Waals surface area contributed by atoms with Crippen LogP contribution in [0.2, 0.25) is 0 Å². The van der Waals surface area contributed by atoms with Crippen LogP contribution in [0.1, 0.15) is 10.6 Å². The lowest BCUT2D eigenvalue weighted by molar-refractivity contribution is 0.270. The minimum Gasteiger partial charge on any atom is -0.394 e. The third kappa shape index (κ3) is 3.18. The van der Waals surface area contributed by atoms with Crippen molar-refractivity contribution < 1.29 is 5.11 Å². The number of aromatic nitrogens is 3. The molecule has 0 saturated heterocycles. The minimum atomic E-state index is 0.0597. The maximum Gasteiger partial charge on any atom is 0.125 e. The van der Waals surface area contributed by atoms with Crippen LogP contribution >= 0.6 is 11.3 Å². The highest BCUT2D eigenvalue weighted by molar-refractivity contribution is 7.09. The fourth-order valence-corrected chi connectivity index (χ4v) is 2.96. The molecule has 5 nitrogen and oxygen atoms in total. The van der Waals surface area contributed by atoms with E-state index in [1.54, 1.807) is 16.0 Å². The summed E-state index contributed by atoms with van der Waals surface area (Å²) in [5, 5.41) is 17.2. The molecule has 6 heteroatoms. The monoisotopic (exact) mass is 314 g/mol. The zero-order valence-electron chi connectivity index (χ0n) is 12.4. The number of nitrogens with one attached hydrogen (secondary N) is 1. The Bertz CT molecular complexity index is 736. The van der Waals surface area contributed by atoms with Crippen LogP contribution in [0, 0.1) is 6.92 Å². The highest BCUT2D eigenvalue weighted by Gasteiger charge is 2.10. The van der Waals surface area contributed by atoms with Crippen molar-refractivity contribution >= 4 is 17.2 Å². The number of aliphatic hydroxyl groups excluding tert-OH is 1. The van der Waals surface area contributed by atoms with Crippen LogP contribution in [0.3, 0.4) is 0 Å². The second-order valence-electron chi connectivity index (χ2n) is 4.94. The van der Waals surface area contributed by atoms with Crippen LogP contribution in [-0.2, 0) is 13.1 Å². The average Bonchev–Trinajstić information content (AvgIpc) is 3.13. The molecule has 2 N–H and O–H groups in total. The average molecular weight is 314 g/mol. The van der Waals surface area contributed by atoms with Gasteiger partial charge in [-0.2, -0.15) is 5.10 Å². The Balaban J connectivity index is 1.83. The standard InChI is InChI=1S/C16H18N4OS/c1-12-15(22-11-18-12)10-17-16-9-14(19-20(16)7-8-21)13-5-3-2-4-6-13/h2-6,9,11,17,21H,7-8,10H2,1H3. The van der Waals surface area contributed by atoms with Gasteiger partial charge in [-0.3, -0.25) is 0 Å². The minimum absolute atomic E-state index is 0.0597. The lowest BCUT2D eigenvalue weighted by atomic mass is 10.2. The summed E-state index contributed by atoms with van der Waals surface area (Å²) < 4.78 is 1.80. The molecule has 0 unspecified atom stereocenters. The lowest BCUT2D eigenvalue weighted by Crippen LogP contribution is -2.10. The van der Waals surface area contributed by atoms with Crippen molar-refractivity contribution in [2.24, 2.45) is 0 Å². The molecule has 0 saturated carbocycles. The number of hydrogen-bond acceptors (Lipinski definition) is 5. The zero-order chi connectivity index (χ0) is 15.4. The third-order valence-electron chi connectivity index (χ3n) is 3.44. The van der Waals surface area contributed by atoms with Gasteiger partial charge in [0, 0.05) is 16.5 Å². The van der Waals surface area contributed by atoms with Crippen LogP contribution in [0.25, 0.3) is 11.3 Å². The van der Waals surface area contributed by atoms with Crippen molar-refractivity contribution in [3.05, 3.63) is 52.5 Å². The van der Waals surface area contributed by atoms with Gasteiger partial charge < -0.3 is 10.4 Å². The second kappa shape index (κ2) is 6.72. The van der Waals surface area contributed by atoms with Gasteiger partial charge in [0.15, 0.2) is 0 Å². The van der Waals surface area contributed by atoms with Gasteiger partial charge in [-0.1, -0.05) is 30.3 Å². The quantitative estimate of drug-likeness (QED) is 0.734. The van der Waals surface area contributed by atoms with Gasteiger partial charge in [0.2, 0.25) is 0 Å². The van der Waals surface area contributed by atoms with E-state index >= 15 is 0 Å². The Morgan fingerprint density at radius 2 is 2.09 bits per heavy atom. The molecule has 0 aliphatic rings. The molecule has 0 radical (unpaired) electrons. The molecule has 1 aromatic carbocycles. The molecule has 0 atom stereocenters. The molecular weight excluding hydrogens is 296 g/mol. The van der Waals surface area contributed by atoms with Crippen LogP contribution in [0.4, 0.5) is 5.82 Å². The number of aliphatic hydroxyl groups is 1. The van der Waals surface area contributed by atoms with E-state index < -0.39 is 0 Å². The Hall–Kier alpha value is -2.18. The Labute approximate surface area is 133 Å². The molecule has 3 aromatic rings. The molecular formula is C16H18N4OS. The summed E-state index contributed by atoms with van der Waals surface area (Å²) in [5.41, 5.74) is 4.87. The van der Waals surface area contributed by atoms with E-state index in [9.17, 15) is 5.11 Å². The van der Waals surface area contributed by atoms with Crippen molar-refractivity contribution in [3.63, 3.8) is 0 Å². The fourth-order valence-electron chi connectivity index (χ4n) is 2.24. The van der Waals surface area contributed by atoms with Gasteiger partial charge in [0.25, 0.3) is 0 Å². The van der Waals surface area contributed by atoms with Crippen molar-refractivity contribution in [3.8, 4) is 11.3 Å². The summed E-state index contributed by atoms with van der Waals surface area (Å²) >= 11 is 1.64. The number of aryl methyl sites for hydroxylation is 1. The summed E-state index contributed by atoms with van der Waals surface area (Å²) in [7, 11) is 0. The van der Waals surface area contributed by atoms with Crippen LogP contribution in [0.5, 0.6) is 0 Å². The van der Waals surface area contributed by atoms with Crippen molar-refractivity contribution in [1.82, 2.24) is 14.8 Å². The van der Waals surface area contributed by atoms with Crippen molar-refractivity contribution in [2.75, 3.05) is 11.9 Å². The van der Waals surface area contributed by atoms with E-state index in [0.29, 0.717) is 13.1 Å². The van der Waals surface area contributed by atoms with Gasteiger partial charge in [-0.25, -0.2) is 9.67 Å². The molecule has 0 amide bonds. The first-order chi connectivity index (χ1) is 10.8. The highest BCUT2D eigenvalue weighted by atomic mass is 32.1. The predicted octanol–water partition coefficient (Wildman–Crippen LogP) is 2.92. The molecule has 0 aliphatic carbocycles. The van der Waals surface area contributed by atoms with Gasteiger partial charge in [0.1, 0.15) is 5.82 Å². The SMILES string of the molecule is Cc1ncsc1CNc1cc(-c2ccccc2)nn1CCO. The zero-order valence-corrected chi connectivity index (χ0v) is 13.2. The maximum atomic E-state index is 9.22. The lowest BCUT2D eigenvalue weighted by Gasteiger charge is -2.07. The third-order valence-corrected chi connectivity index (χ3v) is 4.37. The molecule has 2 aromatic heterocycles. The Kier molecular flexibility index (Phi) is 4.50. The first kappa shape index (κ1) is 14.7. The number of thiazole rings is 1. The molecule has 0 aliphatic heterocycles. The molecule has 0 bridgehead atoms. The van der Waals surface area contributed by atoms with E-state index in [-0.39, 0.29) is 6.61 Å². The Morgan fingerprint density at radius 1 is 1.27 bits per heavy atom. The van der Waals surface area contributed by atoms with Crippen LogP contribution in [-0.4, -0.2) is 26.5 Å². The van der Waals surface area contributed by atoms with E-state index in [0.717, 1.165) is 22.8 Å². The van der Waals surface area contributed by atoms with Crippen molar-refractivity contribution in [1.29, 1.82) is 0 Å².